The van der Waals surface area contributed by atoms with Gasteiger partial charge in [-0.3, -0.25) is 9.59 Å². The van der Waals surface area contributed by atoms with Crippen molar-refractivity contribution in [3.63, 3.8) is 0 Å². The van der Waals surface area contributed by atoms with Gasteiger partial charge in [0.15, 0.2) is 12.4 Å². The van der Waals surface area contributed by atoms with E-state index in [1.54, 1.807) is 53.4 Å². The van der Waals surface area contributed by atoms with Crippen LogP contribution in [0.4, 0.5) is 10.1 Å². The van der Waals surface area contributed by atoms with E-state index in [2.05, 4.69) is 5.10 Å². The number of aromatic nitrogens is 3. The first-order valence-electron chi connectivity index (χ1n) is 11.1. The third kappa shape index (κ3) is 3.69. The van der Waals surface area contributed by atoms with Crippen LogP contribution in [0.25, 0.3) is 17.0 Å². The smallest absolute Gasteiger partial charge is 0.331 e. The average molecular weight is 468 g/mol. The van der Waals surface area contributed by atoms with E-state index in [1.807, 2.05) is 19.9 Å². The summed E-state index contributed by atoms with van der Waals surface area (Å²) in [7, 11) is 0. The molecule has 174 valence electrons. The Bertz CT molecular complexity index is 1490. The van der Waals surface area contributed by atoms with Crippen molar-refractivity contribution in [2.45, 2.75) is 20.3 Å². The Morgan fingerprint density at radius 1 is 0.943 bits per heavy atom. The minimum Gasteiger partial charge on any atom is -0.858 e. The maximum absolute atomic E-state index is 13.8. The van der Waals surface area contributed by atoms with Gasteiger partial charge in [0, 0.05) is 17.7 Å². The molecule has 0 atom stereocenters. The van der Waals surface area contributed by atoms with Gasteiger partial charge in [-0.1, -0.05) is 25.1 Å². The number of anilines is 1. The molecule has 3 heterocycles. The normalized spacial score (nSPS) is 13.7. The van der Waals surface area contributed by atoms with Crippen LogP contribution >= 0.6 is 0 Å². The van der Waals surface area contributed by atoms with Crippen LogP contribution in [-0.4, -0.2) is 21.6 Å². The number of hydrogen-bond acceptors (Lipinski definition) is 4. The van der Waals surface area contributed by atoms with Gasteiger partial charge >= 0.3 is 5.91 Å². The van der Waals surface area contributed by atoms with Crippen molar-refractivity contribution >= 4 is 28.8 Å². The zero-order valence-electron chi connectivity index (χ0n) is 19.1. The molecule has 2 amide bonds. The van der Waals surface area contributed by atoms with Gasteiger partial charge in [0.2, 0.25) is 0 Å². The van der Waals surface area contributed by atoms with Crippen LogP contribution in [0.5, 0.6) is 5.88 Å². The molecule has 0 saturated carbocycles. The van der Waals surface area contributed by atoms with Crippen LogP contribution in [0.2, 0.25) is 0 Å². The van der Waals surface area contributed by atoms with E-state index in [4.69, 9.17) is 0 Å². The second-order valence-electron chi connectivity index (χ2n) is 8.16. The van der Waals surface area contributed by atoms with Crippen LogP contribution in [0, 0.1) is 12.7 Å². The zero-order valence-corrected chi connectivity index (χ0v) is 19.1. The van der Waals surface area contributed by atoms with Crippen molar-refractivity contribution < 1.29 is 23.7 Å². The lowest BCUT2D eigenvalue weighted by Crippen LogP contribution is -2.39. The standard InChI is InChI=1S/C27H21FN4O3/c1-3-21-22(26(34)32(29-21)19-12-10-18(28)11-13-19)23-24(30-14-5-4-6-15-30)27(35)31(25(23)33)20-9-7-8-17(2)16-20/h4-16H,3H2,1-2H3. The maximum Gasteiger partial charge on any atom is 0.331 e. The molecule has 2 aromatic heterocycles. The number of amides is 2. The molecule has 0 bridgehead atoms. The van der Waals surface area contributed by atoms with E-state index in [0.717, 1.165) is 15.1 Å². The Kier molecular flexibility index (Phi) is 5.49. The highest BCUT2D eigenvalue weighted by Gasteiger charge is 2.47. The van der Waals surface area contributed by atoms with Crippen LogP contribution < -0.4 is 14.6 Å². The van der Waals surface area contributed by atoms with E-state index in [9.17, 15) is 19.1 Å². The van der Waals surface area contributed by atoms with Gasteiger partial charge in [0.25, 0.3) is 11.6 Å². The summed E-state index contributed by atoms with van der Waals surface area (Å²) in [6, 6.07) is 17.7. The fourth-order valence-corrected chi connectivity index (χ4v) is 4.23. The number of aryl methyl sites for hydroxylation is 2. The van der Waals surface area contributed by atoms with Crippen molar-refractivity contribution in [3.8, 4) is 11.6 Å². The van der Waals surface area contributed by atoms with Gasteiger partial charge < -0.3 is 5.11 Å². The lowest BCUT2D eigenvalue weighted by Gasteiger charge is -2.16. The molecule has 0 saturated heterocycles. The van der Waals surface area contributed by atoms with Crippen molar-refractivity contribution in [2.24, 2.45) is 0 Å². The molecule has 0 fully saturated rings. The summed E-state index contributed by atoms with van der Waals surface area (Å²) in [5.41, 5.74) is 2.16. The molecule has 0 spiro atoms. The largest absolute Gasteiger partial charge is 0.858 e. The summed E-state index contributed by atoms with van der Waals surface area (Å²) in [5.74, 6) is -2.13. The van der Waals surface area contributed by atoms with Gasteiger partial charge in [0.05, 0.1) is 17.1 Å². The first kappa shape index (κ1) is 22.2. The highest BCUT2D eigenvalue weighted by molar-refractivity contribution is 6.53. The Morgan fingerprint density at radius 3 is 2.31 bits per heavy atom. The number of rotatable bonds is 5. The second kappa shape index (κ2) is 8.64. The number of carbonyl (C=O) groups excluding carboxylic acids is 2. The Labute approximate surface area is 201 Å². The molecule has 7 nitrogen and oxygen atoms in total. The first-order valence-corrected chi connectivity index (χ1v) is 11.1. The van der Waals surface area contributed by atoms with E-state index in [-0.39, 0.29) is 16.8 Å². The van der Waals surface area contributed by atoms with Gasteiger partial charge in [-0.05, 0) is 61.2 Å². The maximum atomic E-state index is 13.8. The molecule has 5 rings (SSSR count). The lowest BCUT2D eigenvalue weighted by atomic mass is 10.0. The summed E-state index contributed by atoms with van der Waals surface area (Å²) in [6.45, 7) is 3.68. The minimum atomic E-state index is -0.600. The SMILES string of the molecule is CCc1nn(-c2ccc(F)cc2)c([O-])c1C1=C([n+]2ccccc2)C(=O)N(c2cccc(C)c2)C1=O. The fourth-order valence-electron chi connectivity index (χ4n) is 4.23. The number of pyridine rings is 1. The fraction of sp³-hybridized carbons (Fsp3) is 0.111. The zero-order chi connectivity index (χ0) is 24.7. The van der Waals surface area contributed by atoms with Gasteiger partial charge in [-0.2, -0.15) is 9.67 Å². The predicted molar refractivity (Wildman–Crippen MR) is 126 cm³/mol. The molecule has 1 aliphatic rings. The quantitative estimate of drug-likeness (QED) is 0.333. The predicted octanol–water partition coefficient (Wildman–Crippen LogP) is 3.19. The topological polar surface area (TPSA) is 82.1 Å². The number of imide groups is 1. The van der Waals surface area contributed by atoms with Crippen molar-refractivity contribution in [1.82, 2.24) is 9.78 Å². The Hall–Kier alpha value is -4.59. The van der Waals surface area contributed by atoms with E-state index in [0.29, 0.717) is 23.5 Å². The van der Waals surface area contributed by atoms with Crippen LogP contribution in [0.15, 0.2) is 79.1 Å². The van der Waals surface area contributed by atoms with E-state index in [1.165, 1.54) is 24.3 Å². The van der Waals surface area contributed by atoms with E-state index >= 15 is 0 Å². The summed E-state index contributed by atoms with van der Waals surface area (Å²) in [6.07, 6.45) is 3.66. The molecule has 35 heavy (non-hydrogen) atoms. The Balaban J connectivity index is 1.76. The summed E-state index contributed by atoms with van der Waals surface area (Å²) in [5, 5.41) is 18.1. The van der Waals surface area contributed by atoms with Crippen LogP contribution in [-0.2, 0) is 16.0 Å². The highest BCUT2D eigenvalue weighted by atomic mass is 19.1. The summed E-state index contributed by atoms with van der Waals surface area (Å²) >= 11 is 0. The summed E-state index contributed by atoms with van der Waals surface area (Å²) < 4.78 is 16.1. The molecular formula is C27H21FN4O3. The van der Waals surface area contributed by atoms with Crippen LogP contribution in [0.3, 0.4) is 0 Å². The number of carbonyl (C=O) groups is 2. The van der Waals surface area contributed by atoms with Gasteiger partial charge in [-0.15, -0.1) is 0 Å². The molecule has 8 heteroatoms. The molecule has 0 aliphatic carbocycles. The third-order valence-electron chi connectivity index (χ3n) is 5.86. The molecular weight excluding hydrogens is 447 g/mol. The van der Waals surface area contributed by atoms with E-state index < -0.39 is 23.5 Å². The summed E-state index contributed by atoms with van der Waals surface area (Å²) in [4.78, 5) is 28.6. The van der Waals surface area contributed by atoms with Crippen molar-refractivity contribution in [3.05, 3.63) is 102 Å². The number of hydrogen-bond donors (Lipinski definition) is 0. The Morgan fingerprint density at radius 2 is 1.66 bits per heavy atom. The van der Waals surface area contributed by atoms with Gasteiger partial charge in [0.1, 0.15) is 11.4 Å². The minimum absolute atomic E-state index is 0.0112. The molecule has 0 unspecified atom stereocenters. The number of halogens is 1. The molecule has 4 aromatic rings. The third-order valence-corrected chi connectivity index (χ3v) is 5.86. The molecule has 0 radical (unpaired) electrons. The first-order chi connectivity index (χ1) is 16.9. The average Bonchev–Trinajstić information content (AvgIpc) is 3.32. The van der Waals surface area contributed by atoms with Crippen molar-refractivity contribution in [1.29, 1.82) is 0 Å². The second-order valence-corrected chi connectivity index (χ2v) is 8.16. The number of benzene rings is 2. The number of nitrogens with zero attached hydrogens (tertiary/aromatic N) is 4. The van der Waals surface area contributed by atoms with Crippen molar-refractivity contribution in [2.75, 3.05) is 4.90 Å². The lowest BCUT2D eigenvalue weighted by molar-refractivity contribution is -0.576. The molecule has 1 aliphatic heterocycles. The van der Waals surface area contributed by atoms with Gasteiger partial charge in [-0.25, -0.2) is 14.0 Å². The molecule has 0 N–H and O–H groups in total. The monoisotopic (exact) mass is 468 g/mol. The highest BCUT2D eigenvalue weighted by Crippen LogP contribution is 2.38. The molecule has 2 aromatic carbocycles. The van der Waals surface area contributed by atoms with Crippen LogP contribution in [0.1, 0.15) is 23.7 Å².